The predicted molar refractivity (Wildman–Crippen MR) is 124 cm³/mol. The van der Waals surface area contributed by atoms with Gasteiger partial charge in [0, 0.05) is 30.4 Å². The van der Waals surface area contributed by atoms with Crippen molar-refractivity contribution in [2.45, 2.75) is 39.7 Å². The van der Waals surface area contributed by atoms with Crippen molar-refractivity contribution >= 4 is 17.3 Å². The maximum Gasteiger partial charge on any atom is 0.335 e. The Morgan fingerprint density at radius 3 is 2.59 bits per heavy atom. The van der Waals surface area contributed by atoms with E-state index in [9.17, 15) is 9.18 Å². The Kier molecular flexibility index (Phi) is 8.76. The number of aryl methyl sites for hydroxylation is 1. The molecule has 3 aromatic rings. The second-order valence-corrected chi connectivity index (χ2v) is 8.13. The number of benzene rings is 2. The van der Waals surface area contributed by atoms with Crippen LogP contribution in [-0.2, 0) is 27.1 Å². The molecule has 1 aromatic heterocycles. The third-order valence-electron chi connectivity index (χ3n) is 4.80. The smallest absolute Gasteiger partial charge is 0.335 e. The van der Waals surface area contributed by atoms with Gasteiger partial charge in [-0.05, 0) is 38.5 Å². The molecule has 0 saturated carbocycles. The van der Waals surface area contributed by atoms with Gasteiger partial charge in [0.25, 0.3) is 0 Å². The number of rotatable bonds is 11. The molecule has 1 unspecified atom stereocenters. The number of esters is 1. The van der Waals surface area contributed by atoms with E-state index < -0.39 is 17.9 Å². The van der Waals surface area contributed by atoms with Gasteiger partial charge in [-0.15, -0.1) is 11.3 Å². The first-order chi connectivity index (χ1) is 15.5. The molecule has 0 bridgehead atoms. The van der Waals surface area contributed by atoms with Gasteiger partial charge in [0.1, 0.15) is 5.01 Å². The Hall–Kier alpha value is -2.77. The second-order valence-electron chi connectivity index (χ2n) is 7.27. The van der Waals surface area contributed by atoms with Crippen LogP contribution in [0.4, 0.5) is 4.39 Å². The molecule has 0 aliphatic rings. The zero-order valence-electron chi connectivity index (χ0n) is 18.6. The fourth-order valence-electron chi connectivity index (χ4n) is 3.17. The summed E-state index contributed by atoms with van der Waals surface area (Å²) < 4.78 is 30.6. The van der Waals surface area contributed by atoms with Crippen molar-refractivity contribution in [1.82, 2.24) is 4.98 Å². The van der Waals surface area contributed by atoms with Crippen molar-refractivity contribution in [1.29, 1.82) is 0 Å². The van der Waals surface area contributed by atoms with Gasteiger partial charge in [-0.3, -0.25) is 0 Å². The number of thiazole rings is 1. The van der Waals surface area contributed by atoms with Crippen molar-refractivity contribution in [2.75, 3.05) is 19.8 Å². The Balaban J connectivity index is 1.55. The molecule has 0 spiro atoms. The molecule has 5 nitrogen and oxygen atoms in total. The van der Waals surface area contributed by atoms with Gasteiger partial charge in [-0.2, -0.15) is 0 Å². The number of hydrogen-bond acceptors (Lipinski definition) is 6. The number of carbonyl (C=O) groups excluding carboxylic acids is 1. The quantitative estimate of drug-likeness (QED) is 0.361. The number of ether oxygens (including phenoxy) is 3. The lowest BCUT2D eigenvalue weighted by Gasteiger charge is -2.16. The zero-order valence-corrected chi connectivity index (χ0v) is 19.4. The fraction of sp³-hybridized carbons (Fsp3) is 0.360. The van der Waals surface area contributed by atoms with Crippen LogP contribution < -0.4 is 4.74 Å². The fourth-order valence-corrected chi connectivity index (χ4v) is 4.03. The summed E-state index contributed by atoms with van der Waals surface area (Å²) in [6, 6.07) is 12.9. The second kappa shape index (κ2) is 11.7. The van der Waals surface area contributed by atoms with E-state index in [2.05, 4.69) is 36.2 Å². The van der Waals surface area contributed by atoms with Crippen LogP contribution in [0.5, 0.6) is 5.75 Å². The van der Waals surface area contributed by atoms with Crippen LogP contribution in [0.15, 0.2) is 47.8 Å². The van der Waals surface area contributed by atoms with E-state index in [1.165, 1.54) is 11.6 Å². The minimum Gasteiger partial charge on any atom is -0.490 e. The van der Waals surface area contributed by atoms with Gasteiger partial charge < -0.3 is 14.2 Å². The maximum atomic E-state index is 14.5. The molecule has 0 N–H and O–H groups in total. The van der Waals surface area contributed by atoms with Crippen LogP contribution >= 0.6 is 11.3 Å². The third-order valence-corrected chi connectivity index (χ3v) is 5.74. The van der Waals surface area contributed by atoms with Gasteiger partial charge in [-0.25, -0.2) is 14.2 Å². The van der Waals surface area contributed by atoms with E-state index in [4.69, 9.17) is 14.2 Å². The number of nitrogens with zero attached hydrogens (tertiary/aromatic N) is 1. The average molecular weight is 458 g/mol. The molecule has 0 aliphatic carbocycles. The molecule has 0 saturated heterocycles. The maximum absolute atomic E-state index is 14.5. The largest absolute Gasteiger partial charge is 0.490 e. The van der Waals surface area contributed by atoms with Gasteiger partial charge in [0.2, 0.25) is 0 Å². The van der Waals surface area contributed by atoms with E-state index in [1.54, 1.807) is 37.3 Å². The van der Waals surface area contributed by atoms with Crippen molar-refractivity contribution in [2.24, 2.45) is 0 Å². The van der Waals surface area contributed by atoms with Crippen molar-refractivity contribution in [3.05, 3.63) is 70.5 Å². The van der Waals surface area contributed by atoms with E-state index in [0.29, 0.717) is 25.2 Å². The lowest BCUT2D eigenvalue weighted by molar-refractivity contribution is -0.156. The molecule has 0 amide bonds. The predicted octanol–water partition coefficient (Wildman–Crippen LogP) is 5.39. The van der Waals surface area contributed by atoms with Crippen LogP contribution in [0.3, 0.4) is 0 Å². The molecular formula is C25H28FNO4S. The SMILES string of the molecule is CCOC(=O)C(Cc1ccc(OCCc2csc(-c3ccc(C)cc3)n2)c(F)c1)OCC. The average Bonchev–Trinajstić information content (AvgIpc) is 3.24. The van der Waals surface area contributed by atoms with Crippen molar-refractivity contribution in [3.8, 4) is 16.3 Å². The van der Waals surface area contributed by atoms with E-state index in [1.807, 2.05) is 5.38 Å². The van der Waals surface area contributed by atoms with Crippen LogP contribution in [-0.4, -0.2) is 36.9 Å². The van der Waals surface area contributed by atoms with Gasteiger partial charge in [0.15, 0.2) is 17.7 Å². The highest BCUT2D eigenvalue weighted by Crippen LogP contribution is 2.25. The minimum absolute atomic E-state index is 0.173. The summed E-state index contributed by atoms with van der Waals surface area (Å²) >= 11 is 1.58. The summed E-state index contributed by atoms with van der Waals surface area (Å²) in [6.45, 7) is 6.55. The van der Waals surface area contributed by atoms with E-state index in [-0.39, 0.29) is 18.8 Å². The van der Waals surface area contributed by atoms with Crippen LogP contribution in [0.1, 0.15) is 30.7 Å². The van der Waals surface area contributed by atoms with Crippen LogP contribution in [0.2, 0.25) is 0 Å². The topological polar surface area (TPSA) is 57.7 Å². The van der Waals surface area contributed by atoms with Gasteiger partial charge >= 0.3 is 5.97 Å². The highest BCUT2D eigenvalue weighted by molar-refractivity contribution is 7.13. The molecule has 3 rings (SSSR count). The molecule has 7 heteroatoms. The lowest BCUT2D eigenvalue weighted by atomic mass is 10.1. The zero-order chi connectivity index (χ0) is 22.9. The minimum atomic E-state index is -0.751. The Bertz CT molecular complexity index is 1020. The molecule has 1 heterocycles. The summed E-state index contributed by atoms with van der Waals surface area (Å²) in [5.74, 6) is -0.740. The van der Waals surface area contributed by atoms with E-state index >= 15 is 0 Å². The number of hydrogen-bond donors (Lipinski definition) is 0. The molecule has 0 radical (unpaired) electrons. The van der Waals surface area contributed by atoms with Crippen molar-refractivity contribution in [3.63, 3.8) is 0 Å². The monoisotopic (exact) mass is 457 g/mol. The lowest BCUT2D eigenvalue weighted by Crippen LogP contribution is -2.29. The summed E-state index contributed by atoms with van der Waals surface area (Å²) in [5.41, 5.74) is 3.85. The Morgan fingerprint density at radius 1 is 1.12 bits per heavy atom. The first-order valence-electron chi connectivity index (χ1n) is 10.7. The van der Waals surface area contributed by atoms with Crippen molar-refractivity contribution < 1.29 is 23.4 Å². The van der Waals surface area contributed by atoms with Gasteiger partial charge in [-0.1, -0.05) is 35.9 Å². The summed E-state index contributed by atoms with van der Waals surface area (Å²) in [5, 5.41) is 2.96. The molecule has 1 atom stereocenters. The number of aromatic nitrogens is 1. The van der Waals surface area contributed by atoms with Crippen LogP contribution in [0.25, 0.3) is 10.6 Å². The summed E-state index contributed by atoms with van der Waals surface area (Å²) in [4.78, 5) is 16.6. The number of carbonyl (C=O) groups is 1. The highest BCUT2D eigenvalue weighted by atomic mass is 32.1. The third kappa shape index (κ3) is 6.61. The molecule has 0 fully saturated rings. The molecule has 2 aromatic carbocycles. The molecular weight excluding hydrogens is 429 g/mol. The summed E-state index contributed by atoms with van der Waals surface area (Å²) in [7, 11) is 0. The highest BCUT2D eigenvalue weighted by Gasteiger charge is 2.21. The first kappa shape index (κ1) is 23.9. The first-order valence-corrected chi connectivity index (χ1v) is 11.6. The molecule has 0 aliphatic heterocycles. The van der Waals surface area contributed by atoms with Crippen LogP contribution in [0, 0.1) is 12.7 Å². The van der Waals surface area contributed by atoms with Gasteiger partial charge in [0.05, 0.1) is 18.9 Å². The molecule has 170 valence electrons. The summed E-state index contributed by atoms with van der Waals surface area (Å²) in [6.07, 6.45) is 0.0713. The molecule has 32 heavy (non-hydrogen) atoms. The van der Waals surface area contributed by atoms with E-state index in [0.717, 1.165) is 16.3 Å². The number of halogens is 1. The standard InChI is InChI=1S/C25H28FNO4S/c1-4-29-23(25(28)30-5-2)15-18-8-11-22(21(26)14-18)31-13-12-20-16-32-24(27-20)19-9-6-17(3)7-10-19/h6-11,14,16,23H,4-5,12-13,15H2,1-3H3. The Morgan fingerprint density at radius 2 is 1.91 bits per heavy atom. The Labute approximate surface area is 192 Å². The normalized spacial score (nSPS) is 11.9.